The van der Waals surface area contributed by atoms with E-state index >= 15 is 0 Å². The summed E-state index contributed by atoms with van der Waals surface area (Å²) in [5.41, 5.74) is 2.52. The van der Waals surface area contributed by atoms with E-state index in [4.69, 9.17) is 24.1 Å². The summed E-state index contributed by atoms with van der Waals surface area (Å²) < 4.78 is 11.0. The van der Waals surface area contributed by atoms with Crippen molar-refractivity contribution in [2.75, 3.05) is 51.1 Å². The predicted octanol–water partition coefficient (Wildman–Crippen LogP) is 4.33. The van der Waals surface area contributed by atoms with Crippen LogP contribution in [0.2, 0.25) is 0 Å². The zero-order valence-corrected chi connectivity index (χ0v) is 19.9. The van der Waals surface area contributed by atoms with Crippen LogP contribution < -0.4 is 15.0 Å². The molecule has 0 bridgehead atoms. The van der Waals surface area contributed by atoms with Gasteiger partial charge in [0.1, 0.15) is 5.75 Å². The second kappa shape index (κ2) is 10.8. The maximum absolute atomic E-state index is 5.58. The Morgan fingerprint density at radius 1 is 1.00 bits per heavy atom. The van der Waals surface area contributed by atoms with E-state index in [1.54, 1.807) is 13.3 Å². The third-order valence-electron chi connectivity index (χ3n) is 5.29. The molecule has 1 N–H and O–H groups in total. The van der Waals surface area contributed by atoms with Crippen LogP contribution in [-0.4, -0.2) is 65.7 Å². The fourth-order valence-electron chi connectivity index (χ4n) is 3.45. The quantitative estimate of drug-likeness (QED) is 0.372. The number of ether oxygens (including phenoxy) is 1. The summed E-state index contributed by atoms with van der Waals surface area (Å²) in [6.45, 7) is 4.58. The number of aromatic nitrogens is 4. The van der Waals surface area contributed by atoms with Gasteiger partial charge in [0.15, 0.2) is 18.0 Å². The Hall–Kier alpha value is -3.98. The summed E-state index contributed by atoms with van der Waals surface area (Å²) in [5.74, 6) is 2.99. The number of hydrogen-bond acceptors (Lipinski definition) is 9. The summed E-state index contributed by atoms with van der Waals surface area (Å²) in [5, 5.41) is 3.32. The van der Waals surface area contributed by atoms with Crippen LogP contribution in [0.4, 0.5) is 17.6 Å². The lowest BCUT2D eigenvalue weighted by Gasteiger charge is -2.23. The third kappa shape index (κ3) is 5.49. The first kappa shape index (κ1) is 23.2. The monoisotopic (exact) mass is 459 g/mol. The molecule has 2 heterocycles. The highest BCUT2D eigenvalue weighted by atomic mass is 16.5. The first-order chi connectivity index (χ1) is 16.6. The molecule has 0 aliphatic carbocycles. The number of nitrogens with zero attached hydrogens (tertiary/aromatic N) is 6. The Morgan fingerprint density at radius 2 is 1.82 bits per heavy atom. The van der Waals surface area contributed by atoms with Crippen molar-refractivity contribution in [3.05, 3.63) is 61.1 Å². The van der Waals surface area contributed by atoms with E-state index in [-0.39, 0.29) is 0 Å². The van der Waals surface area contributed by atoms with Gasteiger partial charge in [-0.1, -0.05) is 30.3 Å². The smallest absolute Gasteiger partial charge is 0.232 e. The average Bonchev–Trinajstić information content (AvgIpc) is 3.39. The van der Waals surface area contributed by atoms with Gasteiger partial charge in [0, 0.05) is 37.0 Å². The van der Waals surface area contributed by atoms with E-state index < -0.39 is 0 Å². The number of hydrogen-bond donors (Lipinski definition) is 1. The second-order valence-electron chi connectivity index (χ2n) is 7.94. The van der Waals surface area contributed by atoms with Crippen molar-refractivity contribution in [3.63, 3.8) is 0 Å². The second-order valence-corrected chi connectivity index (χ2v) is 7.94. The molecule has 0 spiro atoms. The Kier molecular flexibility index (Phi) is 7.34. The molecule has 4 aromatic rings. The van der Waals surface area contributed by atoms with E-state index in [1.165, 1.54) is 6.39 Å². The molecule has 4 rings (SSSR count). The molecular weight excluding hydrogens is 430 g/mol. The first-order valence-corrected chi connectivity index (χ1v) is 11.1. The van der Waals surface area contributed by atoms with E-state index in [0.29, 0.717) is 29.2 Å². The lowest BCUT2D eigenvalue weighted by Crippen LogP contribution is -2.33. The Labute approximate surface area is 199 Å². The minimum atomic E-state index is 0.460. The van der Waals surface area contributed by atoms with Gasteiger partial charge in [-0.3, -0.25) is 0 Å². The molecule has 0 unspecified atom stereocenters. The van der Waals surface area contributed by atoms with Gasteiger partial charge in [-0.05, 0) is 33.2 Å². The molecule has 2 aromatic carbocycles. The predicted molar refractivity (Wildman–Crippen MR) is 133 cm³/mol. The number of likely N-dealkylation sites (N-methyl/N-ethyl adjacent to an activating group) is 2. The van der Waals surface area contributed by atoms with Gasteiger partial charge >= 0.3 is 0 Å². The van der Waals surface area contributed by atoms with Crippen molar-refractivity contribution in [1.82, 2.24) is 24.8 Å². The third-order valence-corrected chi connectivity index (χ3v) is 5.29. The van der Waals surface area contributed by atoms with Crippen LogP contribution in [-0.2, 0) is 0 Å². The number of rotatable bonds is 10. The van der Waals surface area contributed by atoms with E-state index in [1.807, 2.05) is 48.5 Å². The summed E-state index contributed by atoms with van der Waals surface area (Å²) >= 11 is 0. The molecule has 9 nitrogen and oxygen atoms in total. The normalized spacial score (nSPS) is 11.0. The summed E-state index contributed by atoms with van der Waals surface area (Å²) in [7, 11) is 5.73. The topological polar surface area (TPSA) is 92.4 Å². The highest BCUT2D eigenvalue weighted by molar-refractivity contribution is 5.71. The fourth-order valence-corrected chi connectivity index (χ4v) is 3.45. The highest BCUT2D eigenvalue weighted by Gasteiger charge is 2.15. The zero-order valence-electron chi connectivity index (χ0n) is 19.9. The van der Waals surface area contributed by atoms with E-state index in [2.05, 4.69) is 41.1 Å². The number of nitrogens with one attached hydrogen (secondary N) is 1. The fraction of sp³-hybridized carbons (Fsp3) is 0.280. The SMILES string of the molecule is CCN(CCN(C)C)c1nc(Nc2ccc(-c3cnco3)c(OC)c2)nc(-c2ccccc2)n1. The molecule has 0 saturated heterocycles. The lowest BCUT2D eigenvalue weighted by atomic mass is 10.1. The summed E-state index contributed by atoms with van der Waals surface area (Å²) in [6.07, 6.45) is 3.05. The van der Waals surface area contributed by atoms with Gasteiger partial charge in [-0.15, -0.1) is 0 Å². The van der Waals surface area contributed by atoms with Crippen LogP contribution in [0, 0.1) is 0 Å². The number of anilines is 3. The molecule has 9 heteroatoms. The maximum atomic E-state index is 5.58. The summed E-state index contributed by atoms with van der Waals surface area (Å²) in [6, 6.07) is 15.6. The van der Waals surface area contributed by atoms with Gasteiger partial charge < -0.3 is 24.3 Å². The van der Waals surface area contributed by atoms with Gasteiger partial charge in [0.25, 0.3) is 0 Å². The summed E-state index contributed by atoms with van der Waals surface area (Å²) in [4.78, 5) is 22.5. The molecule has 0 fully saturated rings. The number of benzene rings is 2. The van der Waals surface area contributed by atoms with Gasteiger partial charge in [0.05, 0.1) is 18.9 Å². The molecule has 0 radical (unpaired) electrons. The minimum Gasteiger partial charge on any atom is -0.496 e. The number of methoxy groups -OCH3 is 1. The van der Waals surface area contributed by atoms with Gasteiger partial charge in [0.2, 0.25) is 11.9 Å². The zero-order chi connectivity index (χ0) is 23.9. The van der Waals surface area contributed by atoms with Crippen molar-refractivity contribution in [1.29, 1.82) is 0 Å². The van der Waals surface area contributed by atoms with Crippen molar-refractivity contribution in [3.8, 4) is 28.5 Å². The molecule has 2 aromatic heterocycles. The Morgan fingerprint density at radius 3 is 2.50 bits per heavy atom. The van der Waals surface area contributed by atoms with Crippen LogP contribution in [0.3, 0.4) is 0 Å². The van der Waals surface area contributed by atoms with Crippen molar-refractivity contribution < 1.29 is 9.15 Å². The van der Waals surface area contributed by atoms with Gasteiger partial charge in [-0.2, -0.15) is 15.0 Å². The lowest BCUT2D eigenvalue weighted by molar-refractivity contribution is 0.413. The molecule has 0 atom stereocenters. The molecule has 0 saturated carbocycles. The van der Waals surface area contributed by atoms with Crippen LogP contribution in [0.1, 0.15) is 6.92 Å². The van der Waals surface area contributed by atoms with Crippen LogP contribution in [0.15, 0.2) is 65.5 Å². The van der Waals surface area contributed by atoms with Crippen LogP contribution >= 0.6 is 0 Å². The minimum absolute atomic E-state index is 0.460. The highest BCUT2D eigenvalue weighted by Crippen LogP contribution is 2.33. The number of oxazole rings is 1. The van der Waals surface area contributed by atoms with Crippen molar-refractivity contribution >= 4 is 17.6 Å². The standard InChI is InChI=1S/C25H29N7O2/c1-5-32(14-13-31(2)3)25-29-23(18-9-7-6-8-10-18)28-24(30-25)27-19-11-12-20(21(15-19)33-4)22-16-26-17-34-22/h6-12,15-17H,5,13-14H2,1-4H3,(H,27,28,29,30). The van der Waals surface area contributed by atoms with Crippen LogP contribution in [0.5, 0.6) is 5.75 Å². The van der Waals surface area contributed by atoms with Crippen molar-refractivity contribution in [2.45, 2.75) is 6.92 Å². The molecular formula is C25H29N7O2. The molecule has 0 aliphatic heterocycles. The van der Waals surface area contributed by atoms with Gasteiger partial charge in [-0.25, -0.2) is 4.98 Å². The average molecular weight is 460 g/mol. The Bertz CT molecular complexity index is 1200. The maximum Gasteiger partial charge on any atom is 0.232 e. The van der Waals surface area contributed by atoms with Crippen molar-refractivity contribution in [2.24, 2.45) is 0 Å². The molecule has 0 amide bonds. The van der Waals surface area contributed by atoms with Crippen LogP contribution in [0.25, 0.3) is 22.7 Å². The molecule has 34 heavy (non-hydrogen) atoms. The molecule has 176 valence electrons. The van der Waals surface area contributed by atoms with E-state index in [0.717, 1.165) is 36.4 Å². The first-order valence-electron chi connectivity index (χ1n) is 11.1. The Balaban J connectivity index is 1.69. The largest absolute Gasteiger partial charge is 0.496 e. The molecule has 0 aliphatic rings. The van der Waals surface area contributed by atoms with E-state index in [9.17, 15) is 0 Å².